The van der Waals surface area contributed by atoms with E-state index in [9.17, 15) is 0 Å². The zero-order valence-electron chi connectivity index (χ0n) is 8.33. The maximum absolute atomic E-state index is 5.76. The summed E-state index contributed by atoms with van der Waals surface area (Å²) in [5.74, 6) is 1.79. The van der Waals surface area contributed by atoms with Crippen LogP contribution in [0, 0.1) is 5.92 Å². The van der Waals surface area contributed by atoms with Crippen LogP contribution >= 0.6 is 11.6 Å². The smallest absolute Gasteiger partial charge is 0.126 e. The van der Waals surface area contributed by atoms with E-state index in [1.807, 2.05) is 12.1 Å². The second kappa shape index (κ2) is 4.18. The van der Waals surface area contributed by atoms with Crippen LogP contribution < -0.4 is 5.32 Å². The molecule has 2 atom stereocenters. The van der Waals surface area contributed by atoms with Crippen molar-refractivity contribution >= 4 is 17.4 Å². The Morgan fingerprint density at radius 1 is 1.43 bits per heavy atom. The van der Waals surface area contributed by atoms with Gasteiger partial charge in [0, 0.05) is 12.2 Å². The summed E-state index contributed by atoms with van der Waals surface area (Å²) in [4.78, 5) is 4.22. The van der Waals surface area contributed by atoms with Crippen LogP contribution in [0.3, 0.4) is 0 Å². The highest BCUT2D eigenvalue weighted by molar-refractivity contribution is 6.30. The zero-order valence-corrected chi connectivity index (χ0v) is 9.09. The van der Waals surface area contributed by atoms with Gasteiger partial charge in [0.05, 0.1) is 5.02 Å². The number of hydrogen-bond donors (Lipinski definition) is 1. The van der Waals surface area contributed by atoms with Crippen LogP contribution in [0.25, 0.3) is 0 Å². The van der Waals surface area contributed by atoms with Crippen molar-refractivity contribution in [2.45, 2.75) is 32.2 Å². The molecule has 2 unspecified atom stereocenters. The van der Waals surface area contributed by atoms with Gasteiger partial charge in [-0.25, -0.2) is 4.98 Å². The fraction of sp³-hybridized carbons (Fsp3) is 0.545. The van der Waals surface area contributed by atoms with Crippen molar-refractivity contribution in [3.05, 3.63) is 23.4 Å². The van der Waals surface area contributed by atoms with Crippen molar-refractivity contribution in [2.24, 2.45) is 5.92 Å². The van der Waals surface area contributed by atoms with Gasteiger partial charge in [0.25, 0.3) is 0 Å². The van der Waals surface area contributed by atoms with Gasteiger partial charge in [-0.2, -0.15) is 0 Å². The van der Waals surface area contributed by atoms with Gasteiger partial charge < -0.3 is 5.32 Å². The molecule has 1 N–H and O–H groups in total. The monoisotopic (exact) mass is 210 g/mol. The van der Waals surface area contributed by atoms with Crippen molar-refractivity contribution in [1.29, 1.82) is 0 Å². The molecule has 1 heterocycles. The van der Waals surface area contributed by atoms with Gasteiger partial charge in [-0.3, -0.25) is 0 Å². The first kappa shape index (κ1) is 9.78. The number of rotatable bonds is 2. The van der Waals surface area contributed by atoms with E-state index in [0.717, 1.165) is 11.7 Å². The highest BCUT2D eigenvalue weighted by Gasteiger charge is 2.20. The third-order valence-electron chi connectivity index (χ3n) is 2.77. The van der Waals surface area contributed by atoms with Crippen molar-refractivity contribution in [3.8, 4) is 0 Å². The van der Waals surface area contributed by atoms with Crippen LogP contribution in [0.5, 0.6) is 0 Å². The van der Waals surface area contributed by atoms with Gasteiger partial charge in [0.15, 0.2) is 0 Å². The number of nitrogens with zero attached hydrogens (tertiary/aromatic N) is 1. The van der Waals surface area contributed by atoms with E-state index in [4.69, 9.17) is 11.6 Å². The first-order valence-electron chi connectivity index (χ1n) is 5.12. The minimum absolute atomic E-state index is 0.596. The molecule has 3 heteroatoms. The SMILES string of the molecule is CC1CCC(Nc2ccc(Cl)cn2)C1. The molecule has 0 bridgehead atoms. The van der Waals surface area contributed by atoms with Crippen LogP contribution in [-0.4, -0.2) is 11.0 Å². The van der Waals surface area contributed by atoms with E-state index in [2.05, 4.69) is 17.2 Å². The number of pyridine rings is 1. The van der Waals surface area contributed by atoms with Gasteiger partial charge in [-0.15, -0.1) is 0 Å². The van der Waals surface area contributed by atoms with E-state index in [1.54, 1.807) is 6.20 Å². The second-order valence-corrected chi connectivity index (χ2v) is 4.56. The summed E-state index contributed by atoms with van der Waals surface area (Å²) in [5, 5.41) is 4.12. The molecule has 1 aromatic rings. The molecule has 2 nitrogen and oxygen atoms in total. The van der Waals surface area contributed by atoms with E-state index >= 15 is 0 Å². The van der Waals surface area contributed by atoms with Gasteiger partial charge in [0.1, 0.15) is 5.82 Å². The average Bonchev–Trinajstić information content (AvgIpc) is 2.56. The molecule has 0 aliphatic heterocycles. The van der Waals surface area contributed by atoms with Gasteiger partial charge in [0.2, 0.25) is 0 Å². The first-order chi connectivity index (χ1) is 6.74. The lowest BCUT2D eigenvalue weighted by molar-refractivity contribution is 0.602. The summed E-state index contributed by atoms with van der Waals surface area (Å²) < 4.78 is 0. The molecule has 0 spiro atoms. The third kappa shape index (κ3) is 2.38. The summed E-state index contributed by atoms with van der Waals surface area (Å²) >= 11 is 5.76. The summed E-state index contributed by atoms with van der Waals surface area (Å²) in [5.41, 5.74) is 0. The summed E-state index contributed by atoms with van der Waals surface area (Å²) in [6.45, 7) is 2.30. The fourth-order valence-corrected chi connectivity index (χ4v) is 2.12. The lowest BCUT2D eigenvalue weighted by Gasteiger charge is -2.12. The number of nitrogens with one attached hydrogen (secondary N) is 1. The average molecular weight is 211 g/mol. The lowest BCUT2D eigenvalue weighted by atomic mass is 10.1. The molecule has 0 radical (unpaired) electrons. The number of aromatic nitrogens is 1. The van der Waals surface area contributed by atoms with Crippen LogP contribution in [0.15, 0.2) is 18.3 Å². The largest absolute Gasteiger partial charge is 0.367 e. The molecule has 14 heavy (non-hydrogen) atoms. The first-order valence-corrected chi connectivity index (χ1v) is 5.50. The third-order valence-corrected chi connectivity index (χ3v) is 3.00. The van der Waals surface area contributed by atoms with Crippen LogP contribution in [0.1, 0.15) is 26.2 Å². The summed E-state index contributed by atoms with van der Waals surface area (Å²) in [6, 6.07) is 4.40. The molecule has 1 fully saturated rings. The van der Waals surface area contributed by atoms with Crippen molar-refractivity contribution in [3.63, 3.8) is 0 Å². The Bertz CT molecular complexity index is 297. The molecule has 76 valence electrons. The molecule has 1 aliphatic rings. The van der Waals surface area contributed by atoms with Gasteiger partial charge in [-0.1, -0.05) is 18.5 Å². The quantitative estimate of drug-likeness (QED) is 0.810. The number of hydrogen-bond acceptors (Lipinski definition) is 2. The highest BCUT2D eigenvalue weighted by atomic mass is 35.5. The molecule has 0 aromatic carbocycles. The molecule has 0 amide bonds. The maximum atomic E-state index is 5.76. The molecule has 1 aromatic heterocycles. The van der Waals surface area contributed by atoms with Crippen LogP contribution in [-0.2, 0) is 0 Å². The highest BCUT2D eigenvalue weighted by Crippen LogP contribution is 2.27. The van der Waals surface area contributed by atoms with Crippen molar-refractivity contribution in [1.82, 2.24) is 4.98 Å². The molecular weight excluding hydrogens is 196 g/mol. The normalized spacial score (nSPS) is 26.4. The lowest BCUT2D eigenvalue weighted by Crippen LogP contribution is -2.15. The minimum atomic E-state index is 0.596. The standard InChI is InChI=1S/C11H15ClN2/c1-8-2-4-10(6-8)14-11-5-3-9(12)7-13-11/h3,5,7-8,10H,2,4,6H2,1H3,(H,13,14). The minimum Gasteiger partial charge on any atom is -0.367 e. The van der Waals surface area contributed by atoms with E-state index in [-0.39, 0.29) is 0 Å². The Hall–Kier alpha value is -0.760. The summed E-state index contributed by atoms with van der Waals surface area (Å²) in [7, 11) is 0. The molecule has 1 saturated carbocycles. The van der Waals surface area contributed by atoms with Gasteiger partial charge >= 0.3 is 0 Å². The van der Waals surface area contributed by atoms with Crippen molar-refractivity contribution < 1.29 is 0 Å². The Balaban J connectivity index is 1.94. The van der Waals surface area contributed by atoms with Gasteiger partial charge in [-0.05, 0) is 37.3 Å². The molecule has 1 aliphatic carbocycles. The van der Waals surface area contributed by atoms with E-state index < -0.39 is 0 Å². The Morgan fingerprint density at radius 2 is 2.29 bits per heavy atom. The van der Waals surface area contributed by atoms with Crippen molar-refractivity contribution in [2.75, 3.05) is 5.32 Å². The molecule has 0 saturated heterocycles. The van der Waals surface area contributed by atoms with E-state index in [0.29, 0.717) is 11.1 Å². The number of anilines is 1. The summed E-state index contributed by atoms with van der Waals surface area (Å²) in [6.07, 6.45) is 5.52. The van der Waals surface area contributed by atoms with Crippen LogP contribution in [0.2, 0.25) is 5.02 Å². The Morgan fingerprint density at radius 3 is 2.86 bits per heavy atom. The molecular formula is C11H15ClN2. The fourth-order valence-electron chi connectivity index (χ4n) is 2.01. The van der Waals surface area contributed by atoms with E-state index in [1.165, 1.54) is 19.3 Å². The zero-order chi connectivity index (χ0) is 9.97. The Labute approximate surface area is 89.7 Å². The predicted molar refractivity (Wildman–Crippen MR) is 59.7 cm³/mol. The number of halogens is 1. The topological polar surface area (TPSA) is 24.9 Å². The molecule has 2 rings (SSSR count). The Kier molecular flexibility index (Phi) is 2.92. The second-order valence-electron chi connectivity index (χ2n) is 4.12. The predicted octanol–water partition coefficient (Wildman–Crippen LogP) is 3.34. The maximum Gasteiger partial charge on any atom is 0.126 e. The van der Waals surface area contributed by atoms with Crippen LogP contribution in [0.4, 0.5) is 5.82 Å².